The molecule has 2 atom stereocenters. The average Bonchev–Trinajstić information content (AvgIpc) is 2.25. The first-order chi connectivity index (χ1) is 6.83. The van der Waals surface area contributed by atoms with Gasteiger partial charge >= 0.3 is 0 Å². The zero-order chi connectivity index (χ0) is 10.2. The van der Waals surface area contributed by atoms with E-state index in [0.717, 1.165) is 0 Å². The first kappa shape index (κ1) is 12.3. The highest BCUT2D eigenvalue weighted by Crippen LogP contribution is 2.16. The largest absolute Gasteiger partial charge is 0.389 e. The topological polar surface area (TPSA) is 41.5 Å². The molecule has 0 aromatic rings. The number of ether oxygens (including phenoxy) is 1. The van der Waals surface area contributed by atoms with Crippen molar-refractivity contribution in [3.8, 4) is 0 Å². The second kappa shape index (κ2) is 7.51. The molecule has 0 radical (unpaired) electrons. The van der Waals surface area contributed by atoms with Gasteiger partial charge in [0.05, 0.1) is 12.7 Å². The molecule has 84 valence electrons. The lowest BCUT2D eigenvalue weighted by Gasteiger charge is -2.23. The van der Waals surface area contributed by atoms with Gasteiger partial charge in [0, 0.05) is 24.9 Å². The van der Waals surface area contributed by atoms with Crippen LogP contribution in [0.4, 0.5) is 0 Å². The van der Waals surface area contributed by atoms with Gasteiger partial charge in [-0.1, -0.05) is 0 Å². The predicted octanol–water partition coefficient (Wildman–Crippen LogP) is 0.869. The molecule has 3 nitrogen and oxygen atoms in total. The van der Waals surface area contributed by atoms with Crippen LogP contribution < -0.4 is 5.32 Å². The van der Waals surface area contributed by atoms with Gasteiger partial charge in [-0.05, 0) is 25.5 Å². The number of nitrogens with one attached hydrogen (secondary N) is 1. The number of rotatable bonds is 6. The number of hydrogen-bond acceptors (Lipinski definition) is 4. The fraction of sp³-hybridized carbons (Fsp3) is 1.00. The third-order valence-electron chi connectivity index (χ3n) is 2.32. The lowest BCUT2D eigenvalue weighted by atomic mass is 10.2. The zero-order valence-corrected chi connectivity index (χ0v) is 9.68. The van der Waals surface area contributed by atoms with Crippen LogP contribution in [0.5, 0.6) is 0 Å². The van der Waals surface area contributed by atoms with Gasteiger partial charge in [-0.25, -0.2) is 0 Å². The molecule has 2 unspecified atom stereocenters. The number of hydrogen-bond donors (Lipinski definition) is 2. The van der Waals surface area contributed by atoms with Gasteiger partial charge in [0.2, 0.25) is 0 Å². The second-order valence-electron chi connectivity index (χ2n) is 3.64. The van der Waals surface area contributed by atoms with Crippen molar-refractivity contribution in [3.05, 3.63) is 0 Å². The predicted molar refractivity (Wildman–Crippen MR) is 60.8 cm³/mol. The van der Waals surface area contributed by atoms with Crippen molar-refractivity contribution in [1.82, 2.24) is 5.32 Å². The normalized spacial score (nSPS) is 24.9. The van der Waals surface area contributed by atoms with E-state index in [4.69, 9.17) is 4.74 Å². The quantitative estimate of drug-likeness (QED) is 0.695. The van der Waals surface area contributed by atoms with Gasteiger partial charge in [-0.3, -0.25) is 0 Å². The standard InChI is InChI=1S/C10H21NO2S/c1-2-13-7-10(12)6-11-9-4-3-5-14-8-9/h9-12H,2-8H2,1H3. The van der Waals surface area contributed by atoms with Crippen molar-refractivity contribution in [1.29, 1.82) is 0 Å². The lowest BCUT2D eigenvalue weighted by molar-refractivity contribution is 0.0416. The van der Waals surface area contributed by atoms with Crippen LogP contribution in [0.2, 0.25) is 0 Å². The molecule has 0 aliphatic carbocycles. The van der Waals surface area contributed by atoms with E-state index in [9.17, 15) is 5.11 Å². The van der Waals surface area contributed by atoms with Gasteiger partial charge in [0.15, 0.2) is 0 Å². The molecule has 1 heterocycles. The Morgan fingerprint density at radius 2 is 2.50 bits per heavy atom. The van der Waals surface area contributed by atoms with E-state index < -0.39 is 0 Å². The van der Waals surface area contributed by atoms with E-state index in [1.54, 1.807) is 0 Å². The molecule has 0 aromatic heterocycles. The summed E-state index contributed by atoms with van der Waals surface area (Å²) in [5.74, 6) is 2.47. The molecule has 1 aliphatic rings. The van der Waals surface area contributed by atoms with Crippen LogP contribution in [0.15, 0.2) is 0 Å². The molecule has 1 aliphatic heterocycles. The molecule has 2 N–H and O–H groups in total. The Hall–Kier alpha value is 0.230. The average molecular weight is 219 g/mol. The summed E-state index contributed by atoms with van der Waals surface area (Å²) in [6.07, 6.45) is 2.18. The van der Waals surface area contributed by atoms with Gasteiger partial charge in [0.1, 0.15) is 0 Å². The Morgan fingerprint density at radius 3 is 3.14 bits per heavy atom. The van der Waals surface area contributed by atoms with E-state index in [0.29, 0.717) is 25.8 Å². The summed E-state index contributed by atoms with van der Waals surface area (Å²) in [6, 6.07) is 0.588. The van der Waals surface area contributed by atoms with E-state index >= 15 is 0 Å². The highest BCUT2D eigenvalue weighted by atomic mass is 32.2. The number of thioether (sulfide) groups is 1. The summed E-state index contributed by atoms with van der Waals surface area (Å²) in [7, 11) is 0. The molecular formula is C10H21NO2S. The third kappa shape index (κ3) is 5.20. The fourth-order valence-electron chi connectivity index (χ4n) is 1.52. The van der Waals surface area contributed by atoms with E-state index in [1.165, 1.54) is 24.3 Å². The summed E-state index contributed by atoms with van der Waals surface area (Å²) in [5.41, 5.74) is 0. The third-order valence-corrected chi connectivity index (χ3v) is 3.53. The molecule has 0 saturated carbocycles. The molecule has 1 saturated heterocycles. The van der Waals surface area contributed by atoms with Crippen LogP contribution in [-0.2, 0) is 4.74 Å². The Balaban J connectivity index is 2.00. The summed E-state index contributed by atoms with van der Waals surface area (Å²) in [5, 5.41) is 12.9. The van der Waals surface area contributed by atoms with Gasteiger partial charge < -0.3 is 15.2 Å². The van der Waals surface area contributed by atoms with E-state index in [-0.39, 0.29) is 6.10 Å². The monoisotopic (exact) mass is 219 g/mol. The maximum Gasteiger partial charge on any atom is 0.0897 e. The van der Waals surface area contributed by atoms with Gasteiger partial charge in [-0.15, -0.1) is 0 Å². The lowest BCUT2D eigenvalue weighted by Crippen LogP contribution is -2.40. The minimum Gasteiger partial charge on any atom is -0.389 e. The number of aliphatic hydroxyl groups excluding tert-OH is 1. The Labute approximate surface area is 90.6 Å². The molecular weight excluding hydrogens is 198 g/mol. The molecule has 0 bridgehead atoms. The zero-order valence-electron chi connectivity index (χ0n) is 8.87. The fourth-order valence-corrected chi connectivity index (χ4v) is 2.62. The minimum absolute atomic E-state index is 0.359. The van der Waals surface area contributed by atoms with Crippen LogP contribution in [-0.4, -0.2) is 48.5 Å². The summed E-state index contributed by atoms with van der Waals surface area (Å²) >= 11 is 2.00. The Bertz CT molecular complexity index is 140. The van der Waals surface area contributed by atoms with Crippen molar-refractivity contribution < 1.29 is 9.84 Å². The maximum atomic E-state index is 9.52. The Morgan fingerprint density at radius 1 is 1.64 bits per heavy atom. The SMILES string of the molecule is CCOCC(O)CNC1CCCSC1. The molecule has 4 heteroatoms. The summed E-state index contributed by atoms with van der Waals surface area (Å²) in [4.78, 5) is 0. The number of aliphatic hydroxyl groups is 1. The summed E-state index contributed by atoms with van der Waals surface area (Å²) in [6.45, 7) is 3.73. The molecule has 1 rings (SSSR count). The highest BCUT2D eigenvalue weighted by molar-refractivity contribution is 7.99. The van der Waals surface area contributed by atoms with Gasteiger partial charge in [-0.2, -0.15) is 11.8 Å². The van der Waals surface area contributed by atoms with Crippen molar-refractivity contribution in [3.63, 3.8) is 0 Å². The molecule has 0 amide bonds. The first-order valence-electron chi connectivity index (χ1n) is 5.40. The van der Waals surface area contributed by atoms with Crippen molar-refractivity contribution >= 4 is 11.8 Å². The van der Waals surface area contributed by atoms with Crippen molar-refractivity contribution in [2.24, 2.45) is 0 Å². The minimum atomic E-state index is -0.359. The van der Waals surface area contributed by atoms with Crippen LogP contribution in [0.1, 0.15) is 19.8 Å². The highest BCUT2D eigenvalue weighted by Gasteiger charge is 2.14. The van der Waals surface area contributed by atoms with Crippen LogP contribution in [0, 0.1) is 0 Å². The van der Waals surface area contributed by atoms with Crippen LogP contribution in [0.3, 0.4) is 0 Å². The van der Waals surface area contributed by atoms with Crippen molar-refractivity contribution in [2.45, 2.75) is 31.9 Å². The van der Waals surface area contributed by atoms with E-state index in [1.807, 2.05) is 18.7 Å². The van der Waals surface area contributed by atoms with Crippen LogP contribution >= 0.6 is 11.8 Å². The van der Waals surface area contributed by atoms with Crippen molar-refractivity contribution in [2.75, 3.05) is 31.3 Å². The second-order valence-corrected chi connectivity index (χ2v) is 4.79. The van der Waals surface area contributed by atoms with E-state index in [2.05, 4.69) is 5.32 Å². The van der Waals surface area contributed by atoms with Gasteiger partial charge in [0.25, 0.3) is 0 Å². The maximum absolute atomic E-state index is 9.52. The summed E-state index contributed by atoms with van der Waals surface area (Å²) < 4.78 is 5.14. The molecule has 1 fully saturated rings. The van der Waals surface area contributed by atoms with Crippen LogP contribution in [0.25, 0.3) is 0 Å². The first-order valence-corrected chi connectivity index (χ1v) is 6.55. The molecule has 0 spiro atoms. The molecule has 14 heavy (non-hydrogen) atoms. The Kier molecular flexibility index (Phi) is 6.60. The molecule has 0 aromatic carbocycles. The smallest absolute Gasteiger partial charge is 0.0897 e.